The third-order valence-electron chi connectivity index (χ3n) is 6.11. The Morgan fingerprint density at radius 1 is 1.18 bits per heavy atom. The lowest BCUT2D eigenvalue weighted by atomic mass is 10.0. The average molecular weight is 470 g/mol. The monoisotopic (exact) mass is 469 g/mol. The number of carbonyl (C=O) groups is 1. The van der Waals surface area contributed by atoms with Crippen molar-refractivity contribution in [3.8, 4) is 5.75 Å². The second kappa shape index (κ2) is 9.36. The van der Waals surface area contributed by atoms with E-state index in [0.29, 0.717) is 30.3 Å². The Hall–Kier alpha value is -3.17. The number of nitrogens with zero attached hydrogens (tertiary/aromatic N) is 1. The summed E-state index contributed by atoms with van der Waals surface area (Å²) < 4.78 is 33.0. The standard InChI is InChI=1S/C24H27N3O5S/c1-16-9-11-27(12-10-16)33(30,31)18-7-8-21-19(13-18)23(28)20(15-25-21)24(29)26-14-17-5-3-4-6-22(17)32-2/h3-8,13,15-16H,9-12,14H2,1-2H3,(H,25,28)(H,26,29). The van der Waals surface area contributed by atoms with Crippen molar-refractivity contribution in [1.82, 2.24) is 14.6 Å². The number of aromatic nitrogens is 1. The van der Waals surface area contributed by atoms with Gasteiger partial charge in [-0.1, -0.05) is 25.1 Å². The number of rotatable bonds is 6. The highest BCUT2D eigenvalue weighted by molar-refractivity contribution is 7.89. The number of hydrogen-bond donors (Lipinski definition) is 2. The fraction of sp³-hybridized carbons (Fsp3) is 0.333. The molecule has 0 atom stereocenters. The number of sulfonamides is 1. The van der Waals surface area contributed by atoms with E-state index < -0.39 is 21.4 Å². The number of pyridine rings is 1. The molecule has 4 rings (SSSR count). The smallest absolute Gasteiger partial charge is 0.257 e. The van der Waals surface area contributed by atoms with Gasteiger partial charge in [-0.3, -0.25) is 9.59 Å². The molecule has 0 aliphatic carbocycles. The Bertz CT molecular complexity index is 1340. The van der Waals surface area contributed by atoms with Gasteiger partial charge in [-0.2, -0.15) is 4.31 Å². The van der Waals surface area contributed by atoms with E-state index in [1.807, 2.05) is 18.2 Å². The summed E-state index contributed by atoms with van der Waals surface area (Å²) >= 11 is 0. The number of fused-ring (bicyclic) bond motifs is 1. The predicted molar refractivity (Wildman–Crippen MR) is 126 cm³/mol. The molecule has 3 aromatic rings. The second-order valence-electron chi connectivity index (χ2n) is 8.32. The van der Waals surface area contributed by atoms with Crippen molar-refractivity contribution in [2.24, 2.45) is 5.92 Å². The van der Waals surface area contributed by atoms with E-state index in [-0.39, 0.29) is 22.4 Å². The molecule has 0 spiro atoms. The molecule has 1 aromatic heterocycles. The second-order valence-corrected chi connectivity index (χ2v) is 10.3. The highest BCUT2D eigenvalue weighted by Crippen LogP contribution is 2.25. The molecule has 2 heterocycles. The minimum Gasteiger partial charge on any atom is -0.496 e. The third kappa shape index (κ3) is 4.65. The van der Waals surface area contributed by atoms with Gasteiger partial charge in [-0.05, 0) is 43.0 Å². The van der Waals surface area contributed by atoms with Gasteiger partial charge < -0.3 is 15.0 Å². The van der Waals surface area contributed by atoms with E-state index in [9.17, 15) is 18.0 Å². The zero-order valence-corrected chi connectivity index (χ0v) is 19.4. The molecule has 1 saturated heterocycles. The zero-order chi connectivity index (χ0) is 23.6. The highest BCUT2D eigenvalue weighted by atomic mass is 32.2. The van der Waals surface area contributed by atoms with E-state index >= 15 is 0 Å². The van der Waals surface area contributed by atoms with Crippen LogP contribution in [0, 0.1) is 5.92 Å². The summed E-state index contributed by atoms with van der Waals surface area (Å²) in [5.74, 6) is 0.572. The van der Waals surface area contributed by atoms with Crippen LogP contribution in [0.4, 0.5) is 0 Å². The third-order valence-corrected chi connectivity index (χ3v) is 8.00. The number of benzene rings is 2. The summed E-state index contributed by atoms with van der Waals surface area (Å²) in [6, 6.07) is 11.7. The first kappa shape index (κ1) is 23.0. The van der Waals surface area contributed by atoms with Crippen molar-refractivity contribution in [3.63, 3.8) is 0 Å². The maximum absolute atomic E-state index is 13.1. The van der Waals surface area contributed by atoms with Gasteiger partial charge in [-0.15, -0.1) is 0 Å². The predicted octanol–water partition coefficient (Wildman–Crippen LogP) is 2.89. The number of nitrogens with one attached hydrogen (secondary N) is 2. The maximum Gasteiger partial charge on any atom is 0.257 e. The van der Waals surface area contributed by atoms with Gasteiger partial charge in [0.2, 0.25) is 15.5 Å². The lowest BCUT2D eigenvalue weighted by molar-refractivity contribution is 0.0949. The molecule has 2 N–H and O–H groups in total. The zero-order valence-electron chi connectivity index (χ0n) is 18.6. The summed E-state index contributed by atoms with van der Waals surface area (Å²) in [4.78, 5) is 28.8. The number of hydrogen-bond acceptors (Lipinski definition) is 5. The Kier molecular flexibility index (Phi) is 6.53. The quantitative estimate of drug-likeness (QED) is 0.577. The van der Waals surface area contributed by atoms with Gasteiger partial charge in [-0.25, -0.2) is 8.42 Å². The number of para-hydroxylation sites is 1. The van der Waals surface area contributed by atoms with E-state index in [2.05, 4.69) is 17.2 Å². The molecule has 8 nitrogen and oxygen atoms in total. The Labute approximate surface area is 192 Å². The topological polar surface area (TPSA) is 109 Å². The van der Waals surface area contributed by atoms with Crippen molar-refractivity contribution < 1.29 is 17.9 Å². The largest absolute Gasteiger partial charge is 0.496 e. The fourth-order valence-electron chi connectivity index (χ4n) is 4.02. The number of aromatic amines is 1. The molecule has 0 saturated carbocycles. The summed E-state index contributed by atoms with van der Waals surface area (Å²) in [5, 5.41) is 2.89. The lowest BCUT2D eigenvalue weighted by Gasteiger charge is -2.29. The Morgan fingerprint density at radius 2 is 1.91 bits per heavy atom. The first-order valence-corrected chi connectivity index (χ1v) is 12.3. The van der Waals surface area contributed by atoms with Gasteiger partial charge >= 0.3 is 0 Å². The van der Waals surface area contributed by atoms with Crippen molar-refractivity contribution in [2.45, 2.75) is 31.2 Å². The fourth-order valence-corrected chi connectivity index (χ4v) is 5.52. The molecular formula is C24H27N3O5S. The molecule has 174 valence electrons. The van der Waals surface area contributed by atoms with Crippen molar-refractivity contribution in [3.05, 3.63) is 70.0 Å². The van der Waals surface area contributed by atoms with Crippen molar-refractivity contribution >= 4 is 26.8 Å². The van der Waals surface area contributed by atoms with Crippen LogP contribution >= 0.6 is 0 Å². The van der Waals surface area contributed by atoms with Gasteiger partial charge in [0.1, 0.15) is 11.3 Å². The van der Waals surface area contributed by atoms with Crippen LogP contribution in [0.3, 0.4) is 0 Å². The molecular weight excluding hydrogens is 442 g/mol. The number of methoxy groups -OCH3 is 1. The molecule has 0 radical (unpaired) electrons. The number of ether oxygens (including phenoxy) is 1. The van der Waals surface area contributed by atoms with Gasteiger partial charge in [0.15, 0.2) is 0 Å². The molecule has 0 unspecified atom stereocenters. The Morgan fingerprint density at radius 3 is 2.64 bits per heavy atom. The van der Waals surface area contributed by atoms with E-state index in [1.165, 1.54) is 22.6 Å². The van der Waals surface area contributed by atoms with Crippen LogP contribution in [-0.2, 0) is 16.6 Å². The average Bonchev–Trinajstić information content (AvgIpc) is 2.83. The summed E-state index contributed by atoms with van der Waals surface area (Å²) in [6.07, 6.45) is 2.97. The minimum absolute atomic E-state index is 0.0571. The minimum atomic E-state index is -3.71. The summed E-state index contributed by atoms with van der Waals surface area (Å²) in [5.41, 5.74) is 0.631. The van der Waals surface area contributed by atoms with Crippen LogP contribution in [0.5, 0.6) is 5.75 Å². The molecule has 1 aliphatic heterocycles. The van der Waals surface area contributed by atoms with Crippen LogP contribution in [0.25, 0.3) is 10.9 Å². The lowest BCUT2D eigenvalue weighted by Crippen LogP contribution is -2.37. The van der Waals surface area contributed by atoms with E-state index in [0.717, 1.165) is 18.4 Å². The first-order chi connectivity index (χ1) is 15.8. The van der Waals surface area contributed by atoms with Crippen LogP contribution in [-0.4, -0.2) is 43.8 Å². The molecule has 1 amide bonds. The number of piperidine rings is 1. The molecule has 1 aliphatic rings. The molecule has 1 fully saturated rings. The molecule has 9 heteroatoms. The van der Waals surface area contributed by atoms with Gasteiger partial charge in [0, 0.05) is 42.3 Å². The normalized spacial score (nSPS) is 15.5. The molecule has 33 heavy (non-hydrogen) atoms. The van der Waals surface area contributed by atoms with Crippen LogP contribution in [0.15, 0.2) is 58.4 Å². The summed E-state index contributed by atoms with van der Waals surface area (Å²) in [7, 11) is -2.17. The SMILES string of the molecule is COc1ccccc1CNC(=O)c1c[nH]c2ccc(S(=O)(=O)N3CCC(C)CC3)cc2c1=O. The van der Waals surface area contributed by atoms with E-state index in [4.69, 9.17) is 4.74 Å². The highest BCUT2D eigenvalue weighted by Gasteiger charge is 2.28. The number of carbonyl (C=O) groups excluding carboxylic acids is 1. The molecule has 0 bridgehead atoms. The van der Waals surface area contributed by atoms with Gasteiger partial charge in [0.25, 0.3) is 5.91 Å². The van der Waals surface area contributed by atoms with Crippen LogP contribution < -0.4 is 15.5 Å². The van der Waals surface area contributed by atoms with Crippen molar-refractivity contribution in [2.75, 3.05) is 20.2 Å². The number of amides is 1. The van der Waals surface area contributed by atoms with E-state index in [1.54, 1.807) is 19.2 Å². The maximum atomic E-state index is 13.1. The molecule has 2 aromatic carbocycles. The first-order valence-electron chi connectivity index (χ1n) is 10.9. The number of H-pyrrole nitrogens is 1. The Balaban J connectivity index is 1.61. The van der Waals surface area contributed by atoms with Crippen LogP contribution in [0.1, 0.15) is 35.7 Å². The van der Waals surface area contributed by atoms with Gasteiger partial charge in [0.05, 0.1) is 12.0 Å². The van der Waals surface area contributed by atoms with Crippen LogP contribution in [0.2, 0.25) is 0 Å². The van der Waals surface area contributed by atoms with Crippen molar-refractivity contribution in [1.29, 1.82) is 0 Å². The summed E-state index contributed by atoms with van der Waals surface area (Å²) in [6.45, 7) is 3.22.